The Labute approximate surface area is 59.1 Å². The van der Waals surface area contributed by atoms with Gasteiger partial charge >= 0.3 is 0 Å². The van der Waals surface area contributed by atoms with Crippen LogP contribution < -0.4 is 10.8 Å². The van der Waals surface area contributed by atoms with E-state index in [9.17, 15) is 0 Å². The van der Waals surface area contributed by atoms with Crippen LogP contribution in [0, 0.1) is 0 Å². The fourth-order valence-electron chi connectivity index (χ4n) is 0.697. The highest BCUT2D eigenvalue weighted by Gasteiger charge is 2.16. The zero-order chi connectivity index (χ0) is 7.56. The van der Waals surface area contributed by atoms with E-state index in [1.54, 1.807) is 6.92 Å². The van der Waals surface area contributed by atoms with E-state index >= 15 is 0 Å². The molecule has 0 aromatic rings. The van der Waals surface area contributed by atoms with Gasteiger partial charge in [-0.1, -0.05) is 0 Å². The Balaban J connectivity index is 2.56. The Hall–Kier alpha value is -0.780. The molecule has 5 heteroatoms. The lowest BCUT2D eigenvalue weighted by molar-refractivity contribution is -0.323. The van der Waals surface area contributed by atoms with Gasteiger partial charge in [0.15, 0.2) is 0 Å². The average molecular weight is 145 g/mol. The molecule has 0 fully saturated rings. The molecule has 3 N–H and O–H groups in total. The second-order valence-electron chi connectivity index (χ2n) is 2.06. The van der Waals surface area contributed by atoms with Crippen LogP contribution >= 0.6 is 0 Å². The molecule has 0 radical (unpaired) electrons. The van der Waals surface area contributed by atoms with E-state index in [0.29, 0.717) is 17.5 Å². The van der Waals surface area contributed by atoms with E-state index in [2.05, 4.69) is 15.7 Å². The summed E-state index contributed by atoms with van der Waals surface area (Å²) in [5.41, 5.74) is 4.06. The first kappa shape index (κ1) is 7.33. The van der Waals surface area contributed by atoms with Crippen LogP contribution in [0.4, 0.5) is 0 Å². The Kier molecular flexibility index (Phi) is 2.10. The minimum atomic E-state index is 0.656. The average Bonchev–Trinajstić information content (AvgIpc) is 2.20. The van der Waals surface area contributed by atoms with Gasteiger partial charge in [0, 0.05) is 6.54 Å². The smallest absolute Gasteiger partial charge is 0.0938 e. The van der Waals surface area contributed by atoms with Crippen LogP contribution in [0.15, 0.2) is 11.4 Å². The van der Waals surface area contributed by atoms with Gasteiger partial charge in [-0.3, -0.25) is 5.21 Å². The lowest BCUT2D eigenvalue weighted by Crippen LogP contribution is -2.19. The molecule has 1 aliphatic rings. The van der Waals surface area contributed by atoms with E-state index in [-0.39, 0.29) is 0 Å². The van der Waals surface area contributed by atoms with Crippen molar-refractivity contribution in [1.82, 2.24) is 16.0 Å². The summed E-state index contributed by atoms with van der Waals surface area (Å²) in [5, 5.41) is 12.5. The fourth-order valence-corrected chi connectivity index (χ4v) is 0.697. The molecule has 0 amide bonds. The topological polar surface area (TPSA) is 56.8 Å². The predicted molar refractivity (Wildman–Crippen MR) is 34.5 cm³/mol. The van der Waals surface area contributed by atoms with Crippen LogP contribution in [0.25, 0.3) is 0 Å². The SMILES string of the molecule is CNCC1=C(C)N(O)ON1. The molecule has 0 saturated carbocycles. The first-order chi connectivity index (χ1) is 4.75. The third-order valence-corrected chi connectivity index (χ3v) is 1.33. The monoisotopic (exact) mass is 145 g/mol. The zero-order valence-electron chi connectivity index (χ0n) is 6.01. The maximum atomic E-state index is 8.86. The maximum absolute atomic E-state index is 8.86. The number of nitrogens with zero attached hydrogens (tertiary/aromatic N) is 1. The first-order valence-corrected chi connectivity index (χ1v) is 3.02. The molecule has 0 aromatic heterocycles. The van der Waals surface area contributed by atoms with Gasteiger partial charge in [-0.25, -0.2) is 5.48 Å². The molecule has 0 aliphatic carbocycles. The number of hydrogen-bond acceptors (Lipinski definition) is 5. The fraction of sp³-hybridized carbons (Fsp3) is 0.600. The molecule has 1 rings (SSSR count). The van der Waals surface area contributed by atoms with Gasteiger partial charge in [-0.15, -0.1) is 10.2 Å². The van der Waals surface area contributed by atoms with Crippen molar-refractivity contribution in [3.8, 4) is 0 Å². The molecule has 1 aliphatic heterocycles. The molecule has 1 heterocycles. The maximum Gasteiger partial charge on any atom is 0.0938 e. The number of allylic oxidation sites excluding steroid dienone is 1. The van der Waals surface area contributed by atoms with Gasteiger partial charge in [0.25, 0.3) is 0 Å². The normalized spacial score (nSPS) is 18.1. The number of hydrogen-bond donors (Lipinski definition) is 3. The van der Waals surface area contributed by atoms with Crippen molar-refractivity contribution in [3.63, 3.8) is 0 Å². The molecule has 0 bridgehead atoms. The molecular formula is C5H11N3O2. The molecule has 0 spiro atoms. The molecule has 5 nitrogen and oxygen atoms in total. The quantitative estimate of drug-likeness (QED) is 0.492. The van der Waals surface area contributed by atoms with Crippen molar-refractivity contribution in [2.45, 2.75) is 6.92 Å². The number of rotatable bonds is 2. The third-order valence-electron chi connectivity index (χ3n) is 1.33. The summed E-state index contributed by atoms with van der Waals surface area (Å²) in [5.74, 6) is 0. The minimum absolute atomic E-state index is 0.656. The van der Waals surface area contributed by atoms with E-state index in [4.69, 9.17) is 5.21 Å². The molecule has 10 heavy (non-hydrogen) atoms. The van der Waals surface area contributed by atoms with Gasteiger partial charge < -0.3 is 5.32 Å². The molecule has 0 saturated heterocycles. The number of nitrogens with one attached hydrogen (secondary N) is 2. The van der Waals surface area contributed by atoms with E-state index in [1.165, 1.54) is 0 Å². The van der Waals surface area contributed by atoms with Crippen molar-refractivity contribution < 1.29 is 10.1 Å². The Morgan fingerprint density at radius 1 is 1.80 bits per heavy atom. The lowest BCUT2D eigenvalue weighted by Gasteiger charge is -2.03. The van der Waals surface area contributed by atoms with E-state index < -0.39 is 0 Å². The molecular weight excluding hydrogens is 134 g/mol. The second kappa shape index (κ2) is 2.87. The molecule has 0 atom stereocenters. The van der Waals surface area contributed by atoms with Crippen molar-refractivity contribution >= 4 is 0 Å². The molecule has 0 aromatic carbocycles. The van der Waals surface area contributed by atoms with Crippen LogP contribution in [-0.2, 0) is 4.94 Å². The summed E-state index contributed by atoms with van der Waals surface area (Å²) in [4.78, 5) is 4.56. The summed E-state index contributed by atoms with van der Waals surface area (Å²) in [6.07, 6.45) is 0. The van der Waals surface area contributed by atoms with Crippen molar-refractivity contribution in [2.75, 3.05) is 13.6 Å². The number of hydroxylamine groups is 3. The highest BCUT2D eigenvalue weighted by molar-refractivity contribution is 5.09. The number of likely N-dealkylation sites (N-methyl/N-ethyl adjacent to an activating group) is 1. The van der Waals surface area contributed by atoms with Crippen molar-refractivity contribution in [1.29, 1.82) is 0 Å². The summed E-state index contributed by atoms with van der Waals surface area (Å²) in [7, 11) is 1.82. The minimum Gasteiger partial charge on any atom is -0.314 e. The first-order valence-electron chi connectivity index (χ1n) is 3.02. The summed E-state index contributed by atoms with van der Waals surface area (Å²) in [6, 6.07) is 0. The summed E-state index contributed by atoms with van der Waals surface area (Å²) in [6.45, 7) is 2.41. The van der Waals surface area contributed by atoms with Crippen molar-refractivity contribution in [2.24, 2.45) is 0 Å². The Morgan fingerprint density at radius 2 is 2.50 bits per heavy atom. The highest BCUT2D eigenvalue weighted by atomic mass is 17.0. The lowest BCUT2D eigenvalue weighted by atomic mass is 10.3. The van der Waals surface area contributed by atoms with Crippen LogP contribution in [0.1, 0.15) is 6.92 Å². The van der Waals surface area contributed by atoms with Crippen LogP contribution in [0.2, 0.25) is 0 Å². The third kappa shape index (κ3) is 1.21. The van der Waals surface area contributed by atoms with E-state index in [0.717, 1.165) is 5.70 Å². The van der Waals surface area contributed by atoms with Crippen molar-refractivity contribution in [3.05, 3.63) is 11.4 Å². The largest absolute Gasteiger partial charge is 0.314 e. The second-order valence-corrected chi connectivity index (χ2v) is 2.06. The standard InChI is InChI=1S/C5H11N3O2/c1-4-5(3-6-2)7-10-8(4)9/h6-7,9H,3H2,1-2H3. The van der Waals surface area contributed by atoms with E-state index in [1.807, 2.05) is 7.05 Å². The predicted octanol–water partition coefficient (Wildman–Crippen LogP) is -0.422. The van der Waals surface area contributed by atoms with Gasteiger partial charge in [-0.05, 0) is 14.0 Å². The van der Waals surface area contributed by atoms with Crippen LogP contribution in [0.5, 0.6) is 0 Å². The zero-order valence-corrected chi connectivity index (χ0v) is 6.01. The summed E-state index contributed by atoms with van der Waals surface area (Å²) < 4.78 is 0. The Bertz CT molecular complexity index is 157. The van der Waals surface area contributed by atoms with Crippen LogP contribution in [0.3, 0.4) is 0 Å². The van der Waals surface area contributed by atoms with Gasteiger partial charge in [0.1, 0.15) is 0 Å². The van der Waals surface area contributed by atoms with Crippen LogP contribution in [-0.4, -0.2) is 24.0 Å². The molecule has 58 valence electrons. The highest BCUT2D eigenvalue weighted by Crippen LogP contribution is 2.10. The van der Waals surface area contributed by atoms with Gasteiger partial charge in [0.05, 0.1) is 11.4 Å². The molecule has 0 unspecified atom stereocenters. The Morgan fingerprint density at radius 3 is 2.90 bits per heavy atom. The van der Waals surface area contributed by atoms with Gasteiger partial charge in [0.2, 0.25) is 0 Å². The van der Waals surface area contributed by atoms with Gasteiger partial charge in [-0.2, -0.15) is 0 Å². The summed E-state index contributed by atoms with van der Waals surface area (Å²) >= 11 is 0.